The predicted molar refractivity (Wildman–Crippen MR) is 75.0 cm³/mol. The summed E-state index contributed by atoms with van der Waals surface area (Å²) in [5, 5.41) is 20.0. The molecule has 0 spiro atoms. The molecule has 3 N–H and O–H groups in total. The number of carbonyl (C=O) groups is 2. The Morgan fingerprint density at radius 2 is 2.00 bits per heavy atom. The van der Waals surface area contributed by atoms with Crippen molar-refractivity contribution in [3.8, 4) is 5.75 Å². The topological polar surface area (TPSA) is 95.9 Å². The molecule has 0 saturated carbocycles. The third-order valence-corrected chi connectivity index (χ3v) is 3.47. The lowest BCUT2D eigenvalue weighted by atomic mass is 10.2. The minimum Gasteiger partial charge on any atom is -0.497 e. The fourth-order valence-corrected chi connectivity index (χ4v) is 2.07. The number of hydrogen-bond acceptors (Lipinski definition) is 5. The van der Waals surface area contributed by atoms with Crippen LogP contribution in [0.15, 0.2) is 29.2 Å². The molecular weight excluding hydrogens is 282 g/mol. The van der Waals surface area contributed by atoms with Crippen LogP contribution in [0.3, 0.4) is 0 Å². The Morgan fingerprint density at radius 1 is 1.35 bits per heavy atom. The number of hydrogen-bond donors (Lipinski definition) is 3. The van der Waals surface area contributed by atoms with E-state index in [4.69, 9.17) is 14.9 Å². The molecule has 7 heteroatoms. The van der Waals surface area contributed by atoms with Gasteiger partial charge in [0.15, 0.2) is 6.10 Å². The number of aliphatic hydroxyl groups excluding tert-OH is 1. The molecule has 0 unspecified atom stereocenters. The van der Waals surface area contributed by atoms with Gasteiger partial charge in [-0.3, -0.25) is 4.79 Å². The first-order valence-electron chi connectivity index (χ1n) is 5.97. The summed E-state index contributed by atoms with van der Waals surface area (Å²) in [6.07, 6.45) is -1.45. The Balaban J connectivity index is 2.23. The number of amides is 1. The second-order valence-electron chi connectivity index (χ2n) is 3.96. The van der Waals surface area contributed by atoms with E-state index in [0.29, 0.717) is 0 Å². The molecule has 0 aliphatic heterocycles. The van der Waals surface area contributed by atoms with E-state index in [2.05, 4.69) is 5.32 Å². The number of carboxylic acids is 1. The van der Waals surface area contributed by atoms with Crippen LogP contribution < -0.4 is 10.1 Å². The lowest BCUT2D eigenvalue weighted by Gasteiger charge is -2.07. The van der Waals surface area contributed by atoms with Crippen LogP contribution in [0.5, 0.6) is 5.75 Å². The number of ether oxygens (including phenoxy) is 1. The van der Waals surface area contributed by atoms with E-state index < -0.39 is 12.1 Å². The van der Waals surface area contributed by atoms with Crippen LogP contribution in [0.2, 0.25) is 0 Å². The van der Waals surface area contributed by atoms with Gasteiger partial charge in [-0.1, -0.05) is 0 Å². The number of thioether (sulfide) groups is 1. The minimum absolute atomic E-state index is 0.00568. The zero-order valence-corrected chi connectivity index (χ0v) is 11.9. The van der Waals surface area contributed by atoms with Crippen molar-refractivity contribution >= 4 is 23.6 Å². The largest absolute Gasteiger partial charge is 0.497 e. The van der Waals surface area contributed by atoms with Gasteiger partial charge in [0, 0.05) is 17.9 Å². The minimum atomic E-state index is -1.44. The van der Waals surface area contributed by atoms with Crippen molar-refractivity contribution < 1.29 is 24.5 Å². The summed E-state index contributed by atoms with van der Waals surface area (Å²) >= 11 is 1.37. The van der Waals surface area contributed by atoms with Gasteiger partial charge in [-0.05, 0) is 24.3 Å². The molecular formula is C13H17NO5S. The molecule has 1 aromatic carbocycles. The monoisotopic (exact) mass is 299 g/mol. The zero-order valence-electron chi connectivity index (χ0n) is 11.0. The molecule has 0 aliphatic carbocycles. The Labute approximate surface area is 121 Å². The van der Waals surface area contributed by atoms with E-state index in [9.17, 15) is 9.59 Å². The number of carboxylic acid groups (broad SMARTS) is 1. The van der Waals surface area contributed by atoms with Crippen molar-refractivity contribution in [1.29, 1.82) is 0 Å². The molecule has 0 radical (unpaired) electrons. The maximum atomic E-state index is 11.5. The first-order chi connectivity index (χ1) is 9.52. The summed E-state index contributed by atoms with van der Waals surface area (Å²) in [4.78, 5) is 22.8. The van der Waals surface area contributed by atoms with Crippen molar-refractivity contribution in [2.45, 2.75) is 17.4 Å². The standard InChI is InChI=1S/C13H17NO5S/c1-19-9-2-4-10(5-3-9)20-8-12(16)14-7-6-11(15)13(17)18/h2-5,11,15H,6-8H2,1H3,(H,14,16)(H,17,18)/t11-/m0/s1. The van der Waals surface area contributed by atoms with Crippen LogP contribution in [0.4, 0.5) is 0 Å². The lowest BCUT2D eigenvalue weighted by molar-refractivity contribution is -0.147. The summed E-state index contributed by atoms with van der Waals surface area (Å²) in [7, 11) is 1.58. The van der Waals surface area contributed by atoms with Gasteiger partial charge in [-0.15, -0.1) is 11.8 Å². The Bertz CT molecular complexity index is 449. The van der Waals surface area contributed by atoms with E-state index in [-0.39, 0.29) is 24.6 Å². The van der Waals surface area contributed by atoms with Crippen molar-refractivity contribution in [3.63, 3.8) is 0 Å². The quantitative estimate of drug-likeness (QED) is 0.613. The molecule has 0 heterocycles. The average Bonchev–Trinajstić information content (AvgIpc) is 2.45. The van der Waals surface area contributed by atoms with Crippen molar-refractivity contribution in [2.24, 2.45) is 0 Å². The summed E-state index contributed by atoms with van der Waals surface area (Å²) in [6.45, 7) is 0.134. The highest BCUT2D eigenvalue weighted by atomic mass is 32.2. The fourth-order valence-electron chi connectivity index (χ4n) is 1.34. The Hall–Kier alpha value is -1.73. The lowest BCUT2D eigenvalue weighted by Crippen LogP contribution is -2.31. The number of aliphatic hydroxyl groups is 1. The van der Waals surface area contributed by atoms with Crippen molar-refractivity contribution in [1.82, 2.24) is 5.32 Å². The third-order valence-electron chi connectivity index (χ3n) is 2.45. The van der Waals surface area contributed by atoms with E-state index in [1.54, 1.807) is 7.11 Å². The molecule has 1 aromatic rings. The molecule has 20 heavy (non-hydrogen) atoms. The Kier molecular flexibility index (Phi) is 6.89. The van der Waals surface area contributed by atoms with E-state index in [0.717, 1.165) is 10.6 Å². The van der Waals surface area contributed by atoms with Crippen LogP contribution in [0, 0.1) is 0 Å². The first kappa shape index (κ1) is 16.3. The SMILES string of the molecule is COc1ccc(SCC(=O)NCC[C@H](O)C(=O)O)cc1. The molecule has 110 valence electrons. The molecule has 0 aromatic heterocycles. The van der Waals surface area contributed by atoms with Gasteiger partial charge in [0.05, 0.1) is 12.9 Å². The molecule has 1 rings (SSSR count). The van der Waals surface area contributed by atoms with E-state index in [1.165, 1.54) is 11.8 Å². The van der Waals surface area contributed by atoms with Gasteiger partial charge in [0.1, 0.15) is 5.75 Å². The van der Waals surface area contributed by atoms with Gasteiger partial charge < -0.3 is 20.3 Å². The number of methoxy groups -OCH3 is 1. The number of carbonyl (C=O) groups excluding carboxylic acids is 1. The fraction of sp³-hybridized carbons (Fsp3) is 0.385. The molecule has 0 fully saturated rings. The number of benzene rings is 1. The maximum absolute atomic E-state index is 11.5. The van der Waals surface area contributed by atoms with Gasteiger partial charge in [-0.25, -0.2) is 4.79 Å². The highest BCUT2D eigenvalue weighted by Gasteiger charge is 2.12. The zero-order chi connectivity index (χ0) is 15.0. The smallest absolute Gasteiger partial charge is 0.332 e. The highest BCUT2D eigenvalue weighted by Crippen LogP contribution is 2.20. The highest BCUT2D eigenvalue weighted by molar-refractivity contribution is 8.00. The van der Waals surface area contributed by atoms with Gasteiger partial charge in [0.25, 0.3) is 0 Å². The summed E-state index contributed by atoms with van der Waals surface area (Å²) < 4.78 is 5.03. The van der Waals surface area contributed by atoms with Gasteiger partial charge in [0.2, 0.25) is 5.91 Å². The summed E-state index contributed by atoms with van der Waals surface area (Å²) in [6, 6.07) is 7.32. The second-order valence-corrected chi connectivity index (χ2v) is 5.01. The van der Waals surface area contributed by atoms with Crippen LogP contribution in [0.1, 0.15) is 6.42 Å². The van der Waals surface area contributed by atoms with Crippen LogP contribution >= 0.6 is 11.8 Å². The van der Waals surface area contributed by atoms with E-state index in [1.807, 2.05) is 24.3 Å². The van der Waals surface area contributed by atoms with Crippen LogP contribution in [0.25, 0.3) is 0 Å². The van der Waals surface area contributed by atoms with Gasteiger partial charge in [-0.2, -0.15) is 0 Å². The molecule has 1 atom stereocenters. The average molecular weight is 299 g/mol. The van der Waals surface area contributed by atoms with E-state index >= 15 is 0 Å². The molecule has 0 saturated heterocycles. The first-order valence-corrected chi connectivity index (χ1v) is 6.96. The third kappa shape index (κ3) is 5.94. The molecule has 6 nitrogen and oxygen atoms in total. The van der Waals surface area contributed by atoms with Crippen LogP contribution in [-0.4, -0.2) is 47.6 Å². The Morgan fingerprint density at radius 3 is 2.55 bits per heavy atom. The number of nitrogens with one attached hydrogen (secondary N) is 1. The molecule has 0 aliphatic rings. The normalized spacial score (nSPS) is 11.7. The van der Waals surface area contributed by atoms with Gasteiger partial charge >= 0.3 is 5.97 Å². The summed E-state index contributed by atoms with van der Waals surface area (Å²) in [5.74, 6) is -0.508. The number of rotatable bonds is 8. The summed E-state index contributed by atoms with van der Waals surface area (Å²) in [5.41, 5.74) is 0. The molecule has 1 amide bonds. The second kappa shape index (κ2) is 8.44. The van der Waals surface area contributed by atoms with Crippen molar-refractivity contribution in [3.05, 3.63) is 24.3 Å². The number of aliphatic carboxylic acids is 1. The van der Waals surface area contributed by atoms with Crippen molar-refractivity contribution in [2.75, 3.05) is 19.4 Å². The predicted octanol–water partition coefficient (Wildman–Crippen LogP) is 0.739. The van der Waals surface area contributed by atoms with Crippen LogP contribution in [-0.2, 0) is 9.59 Å². The maximum Gasteiger partial charge on any atom is 0.332 e. The molecule has 0 bridgehead atoms.